The molecule has 0 unspecified atom stereocenters. The summed E-state index contributed by atoms with van der Waals surface area (Å²) in [6.45, 7) is 0. The lowest BCUT2D eigenvalue weighted by Crippen LogP contribution is -2.17. The van der Waals surface area contributed by atoms with E-state index in [0.29, 0.717) is 17.7 Å². The molecule has 0 saturated carbocycles. The number of ether oxygens (including phenoxy) is 1. The molecule has 0 atom stereocenters. The van der Waals surface area contributed by atoms with Gasteiger partial charge >= 0.3 is 0 Å². The van der Waals surface area contributed by atoms with E-state index in [9.17, 15) is 17.6 Å². The van der Waals surface area contributed by atoms with Crippen LogP contribution in [0.2, 0.25) is 0 Å². The first-order valence-corrected chi connectivity index (χ1v) is 10.7. The van der Waals surface area contributed by atoms with Crippen LogP contribution in [0, 0.1) is 5.82 Å². The van der Waals surface area contributed by atoms with Crippen molar-refractivity contribution in [2.45, 2.75) is 17.7 Å². The van der Waals surface area contributed by atoms with Crippen LogP contribution in [0.3, 0.4) is 0 Å². The highest BCUT2D eigenvalue weighted by Gasteiger charge is 2.16. The van der Waals surface area contributed by atoms with Gasteiger partial charge in [0.2, 0.25) is 5.91 Å². The van der Waals surface area contributed by atoms with Crippen LogP contribution in [-0.4, -0.2) is 21.4 Å². The minimum absolute atomic E-state index is 0.103. The zero-order valence-corrected chi connectivity index (χ0v) is 17.1. The van der Waals surface area contributed by atoms with Crippen LogP contribution in [0.4, 0.5) is 15.8 Å². The minimum Gasteiger partial charge on any atom is -0.494 e. The number of carbonyl (C=O) groups is 1. The normalized spacial score (nSPS) is 11.0. The predicted octanol–water partition coefficient (Wildman–Crippen LogP) is 4.21. The summed E-state index contributed by atoms with van der Waals surface area (Å²) < 4.78 is 46.3. The molecule has 0 aliphatic rings. The molecule has 0 aromatic heterocycles. The SMILES string of the molecule is COc1ccc(CCC(=O)Nc2ccccc2NS(=O)(=O)c2ccccc2)cc1F. The molecule has 8 heteroatoms. The fraction of sp³-hybridized carbons (Fsp3) is 0.136. The molecule has 0 aliphatic heterocycles. The van der Waals surface area contributed by atoms with Crippen molar-refractivity contribution in [3.63, 3.8) is 0 Å². The van der Waals surface area contributed by atoms with Crippen molar-refractivity contribution in [1.82, 2.24) is 0 Å². The quantitative estimate of drug-likeness (QED) is 0.563. The number of nitrogens with one attached hydrogen (secondary N) is 2. The molecule has 2 N–H and O–H groups in total. The average Bonchev–Trinajstić information content (AvgIpc) is 2.74. The van der Waals surface area contributed by atoms with E-state index >= 15 is 0 Å². The highest BCUT2D eigenvalue weighted by atomic mass is 32.2. The highest BCUT2D eigenvalue weighted by Crippen LogP contribution is 2.25. The van der Waals surface area contributed by atoms with Gasteiger partial charge in [-0.1, -0.05) is 36.4 Å². The molecular formula is C22H21FN2O4S. The van der Waals surface area contributed by atoms with Gasteiger partial charge in [-0.15, -0.1) is 0 Å². The number of carbonyl (C=O) groups excluding carboxylic acids is 1. The van der Waals surface area contributed by atoms with E-state index in [0.717, 1.165) is 0 Å². The first-order chi connectivity index (χ1) is 14.4. The number of amides is 1. The van der Waals surface area contributed by atoms with Gasteiger partial charge < -0.3 is 10.1 Å². The molecule has 0 saturated heterocycles. The largest absolute Gasteiger partial charge is 0.494 e. The Balaban J connectivity index is 1.67. The van der Waals surface area contributed by atoms with Crippen molar-refractivity contribution in [1.29, 1.82) is 0 Å². The number of halogens is 1. The number of rotatable bonds is 8. The first kappa shape index (κ1) is 21.3. The summed E-state index contributed by atoms with van der Waals surface area (Å²) in [6, 6.07) is 19.0. The van der Waals surface area contributed by atoms with Crippen molar-refractivity contribution in [2.75, 3.05) is 17.1 Å². The van der Waals surface area contributed by atoms with Gasteiger partial charge in [-0.3, -0.25) is 9.52 Å². The summed E-state index contributed by atoms with van der Waals surface area (Å²) in [5.41, 5.74) is 1.25. The van der Waals surface area contributed by atoms with Crippen LogP contribution >= 0.6 is 0 Å². The first-order valence-electron chi connectivity index (χ1n) is 9.18. The van der Waals surface area contributed by atoms with Crippen molar-refractivity contribution in [3.8, 4) is 5.75 Å². The predicted molar refractivity (Wildman–Crippen MR) is 114 cm³/mol. The third kappa shape index (κ3) is 5.36. The van der Waals surface area contributed by atoms with Crippen molar-refractivity contribution >= 4 is 27.3 Å². The average molecular weight is 428 g/mol. The minimum atomic E-state index is -3.79. The van der Waals surface area contributed by atoms with Gasteiger partial charge in [0, 0.05) is 6.42 Å². The third-order valence-corrected chi connectivity index (χ3v) is 5.74. The third-order valence-electron chi connectivity index (χ3n) is 4.36. The molecule has 0 aliphatic carbocycles. The molecule has 3 rings (SSSR count). The number of anilines is 2. The van der Waals surface area contributed by atoms with Crippen LogP contribution < -0.4 is 14.8 Å². The molecule has 30 heavy (non-hydrogen) atoms. The van der Waals surface area contributed by atoms with Gasteiger partial charge in [-0.2, -0.15) is 0 Å². The van der Waals surface area contributed by atoms with Crippen molar-refractivity contribution in [3.05, 3.63) is 84.2 Å². The smallest absolute Gasteiger partial charge is 0.261 e. The molecule has 0 fully saturated rings. The standard InChI is InChI=1S/C22H21FN2O4S/c1-29-21-13-11-16(15-18(21)23)12-14-22(26)24-19-9-5-6-10-20(19)25-30(27,28)17-7-3-2-4-8-17/h2-11,13,15,25H,12,14H2,1H3,(H,24,26). The summed E-state index contributed by atoms with van der Waals surface area (Å²) in [6.07, 6.45) is 0.427. The maximum absolute atomic E-state index is 13.8. The van der Waals surface area contributed by atoms with Crippen LogP contribution in [0.15, 0.2) is 77.7 Å². The molecule has 0 spiro atoms. The lowest BCUT2D eigenvalue weighted by atomic mass is 10.1. The van der Waals surface area contributed by atoms with E-state index < -0.39 is 15.8 Å². The lowest BCUT2D eigenvalue weighted by molar-refractivity contribution is -0.116. The van der Waals surface area contributed by atoms with Crippen molar-refractivity contribution in [2.24, 2.45) is 0 Å². The van der Waals surface area contributed by atoms with Crippen molar-refractivity contribution < 1.29 is 22.3 Å². The van der Waals surface area contributed by atoms with Crippen LogP contribution in [0.5, 0.6) is 5.75 Å². The fourth-order valence-electron chi connectivity index (χ4n) is 2.82. The van der Waals surface area contributed by atoms with E-state index in [4.69, 9.17) is 4.74 Å². The maximum atomic E-state index is 13.8. The summed E-state index contributed by atoms with van der Waals surface area (Å²) in [5, 5.41) is 2.71. The number of aryl methyl sites for hydroxylation is 1. The molecular weight excluding hydrogens is 407 g/mol. The van der Waals surface area contributed by atoms with E-state index in [1.807, 2.05) is 0 Å². The molecule has 0 heterocycles. The molecule has 0 bridgehead atoms. The van der Waals surface area contributed by atoms with E-state index in [1.54, 1.807) is 48.5 Å². The second-order valence-corrected chi connectivity index (χ2v) is 8.16. The number of hydrogen-bond acceptors (Lipinski definition) is 4. The second kappa shape index (κ2) is 9.41. The summed E-state index contributed by atoms with van der Waals surface area (Å²) in [5.74, 6) is -0.670. The Morgan fingerprint density at radius 2 is 1.63 bits per heavy atom. The highest BCUT2D eigenvalue weighted by molar-refractivity contribution is 7.92. The van der Waals surface area contributed by atoms with Crippen LogP contribution in [0.1, 0.15) is 12.0 Å². The Morgan fingerprint density at radius 1 is 0.967 bits per heavy atom. The van der Waals surface area contributed by atoms with E-state index in [-0.39, 0.29) is 28.7 Å². The molecule has 156 valence electrons. The number of para-hydroxylation sites is 2. The number of benzene rings is 3. The van der Waals surface area contributed by atoms with Gasteiger partial charge in [-0.25, -0.2) is 12.8 Å². The zero-order chi connectivity index (χ0) is 21.6. The summed E-state index contributed by atoms with van der Waals surface area (Å²) in [7, 11) is -2.41. The van der Waals surface area contributed by atoms with Gasteiger partial charge in [0.25, 0.3) is 10.0 Å². The Bertz CT molecular complexity index is 1130. The topological polar surface area (TPSA) is 84.5 Å². The summed E-state index contributed by atoms with van der Waals surface area (Å²) in [4.78, 5) is 12.5. The second-order valence-electron chi connectivity index (χ2n) is 6.48. The Hall–Kier alpha value is -3.39. The van der Waals surface area contributed by atoms with Crippen LogP contribution in [-0.2, 0) is 21.2 Å². The van der Waals surface area contributed by atoms with E-state index in [1.165, 1.54) is 31.4 Å². The lowest BCUT2D eigenvalue weighted by Gasteiger charge is -2.13. The maximum Gasteiger partial charge on any atom is 0.261 e. The monoisotopic (exact) mass is 428 g/mol. The number of sulfonamides is 1. The molecule has 3 aromatic carbocycles. The zero-order valence-electron chi connectivity index (χ0n) is 16.3. The molecule has 3 aromatic rings. The Kier molecular flexibility index (Phi) is 6.68. The summed E-state index contributed by atoms with van der Waals surface area (Å²) >= 11 is 0. The van der Waals surface area contributed by atoms with Gasteiger partial charge in [-0.05, 0) is 48.4 Å². The van der Waals surface area contributed by atoms with Gasteiger partial charge in [0.05, 0.1) is 23.4 Å². The molecule has 1 amide bonds. The van der Waals surface area contributed by atoms with Gasteiger partial charge in [0.15, 0.2) is 11.6 Å². The molecule has 6 nitrogen and oxygen atoms in total. The van der Waals surface area contributed by atoms with Gasteiger partial charge in [0.1, 0.15) is 0 Å². The number of methoxy groups -OCH3 is 1. The van der Waals surface area contributed by atoms with E-state index in [2.05, 4.69) is 10.0 Å². The fourth-order valence-corrected chi connectivity index (χ4v) is 3.92. The molecule has 0 radical (unpaired) electrons. The van der Waals surface area contributed by atoms with Crippen LogP contribution in [0.25, 0.3) is 0 Å². The number of hydrogen-bond donors (Lipinski definition) is 2. The Morgan fingerprint density at radius 3 is 2.30 bits per heavy atom. The Labute approximate surface area is 174 Å².